The topological polar surface area (TPSA) is 61.7 Å². The van der Waals surface area contributed by atoms with Gasteiger partial charge in [0.05, 0.1) is 0 Å². The number of aryl methyl sites for hydroxylation is 1. The molecule has 2 rings (SSSR count). The summed E-state index contributed by atoms with van der Waals surface area (Å²) in [7, 11) is 0. The molecular weight excluding hydrogens is 248 g/mol. The second kappa shape index (κ2) is 6.10. The summed E-state index contributed by atoms with van der Waals surface area (Å²) >= 11 is 0. The lowest BCUT2D eigenvalue weighted by Gasteiger charge is -2.12. The number of hydrogen-bond acceptors (Lipinski definition) is 4. The van der Waals surface area contributed by atoms with Gasteiger partial charge in [-0.25, -0.2) is 9.97 Å². The Balaban J connectivity index is 2.41. The van der Waals surface area contributed by atoms with Crippen LogP contribution in [0.25, 0.3) is 11.1 Å². The zero-order valence-electron chi connectivity index (χ0n) is 11.8. The van der Waals surface area contributed by atoms with Crippen LogP contribution in [0.3, 0.4) is 0 Å². The van der Waals surface area contributed by atoms with Crippen LogP contribution in [0.5, 0.6) is 0 Å². The maximum atomic E-state index is 7.91. The molecule has 0 saturated carbocycles. The van der Waals surface area contributed by atoms with Gasteiger partial charge in [0.1, 0.15) is 5.82 Å². The predicted octanol–water partition coefficient (Wildman–Crippen LogP) is 3.44. The quantitative estimate of drug-likeness (QED) is 0.643. The van der Waals surface area contributed by atoms with Gasteiger partial charge >= 0.3 is 0 Å². The van der Waals surface area contributed by atoms with E-state index < -0.39 is 0 Å². The van der Waals surface area contributed by atoms with Gasteiger partial charge in [-0.3, -0.25) is 0 Å². The molecule has 0 atom stereocenters. The van der Waals surface area contributed by atoms with E-state index in [9.17, 15) is 0 Å². The minimum absolute atomic E-state index is 0.520. The molecule has 0 aliphatic carbocycles. The summed E-state index contributed by atoms with van der Waals surface area (Å²) in [6.45, 7) is 8.01. The van der Waals surface area contributed by atoms with Crippen molar-refractivity contribution in [3.05, 3.63) is 54.6 Å². The number of benzene rings is 1. The molecule has 0 radical (unpaired) electrons. The molecule has 2 aromatic rings. The molecule has 0 amide bonds. The lowest BCUT2D eigenvalue weighted by Crippen LogP contribution is -2.05. The van der Waals surface area contributed by atoms with E-state index in [0.717, 1.165) is 28.2 Å². The average molecular weight is 266 g/mol. The molecule has 0 aliphatic rings. The van der Waals surface area contributed by atoms with Crippen molar-refractivity contribution in [1.82, 2.24) is 9.97 Å². The van der Waals surface area contributed by atoms with Crippen molar-refractivity contribution in [3.8, 4) is 11.1 Å². The number of nitrogens with one attached hydrogen (secondary N) is 2. The van der Waals surface area contributed by atoms with Gasteiger partial charge in [-0.2, -0.15) is 0 Å². The first-order chi connectivity index (χ1) is 9.61. The number of aromatic nitrogens is 2. The van der Waals surface area contributed by atoms with Gasteiger partial charge in [-0.1, -0.05) is 12.1 Å². The summed E-state index contributed by atoms with van der Waals surface area (Å²) < 4.78 is 0. The molecule has 20 heavy (non-hydrogen) atoms. The molecule has 0 aliphatic heterocycles. The normalized spacial score (nSPS) is 10.1. The van der Waals surface area contributed by atoms with Gasteiger partial charge in [0, 0.05) is 41.5 Å². The molecule has 4 heteroatoms. The SMILES string of the molecule is C=CCNc1ccc(-c2cnc(C)nc2)cc1C(C)=N. The van der Waals surface area contributed by atoms with Crippen LogP contribution in [0.1, 0.15) is 18.3 Å². The van der Waals surface area contributed by atoms with E-state index in [4.69, 9.17) is 5.41 Å². The average Bonchev–Trinajstić information content (AvgIpc) is 2.45. The first kappa shape index (κ1) is 13.9. The summed E-state index contributed by atoms with van der Waals surface area (Å²) in [5.74, 6) is 0.751. The van der Waals surface area contributed by atoms with Crippen LogP contribution in [0.15, 0.2) is 43.2 Å². The predicted molar refractivity (Wildman–Crippen MR) is 83.4 cm³/mol. The fraction of sp³-hybridized carbons (Fsp3) is 0.188. The van der Waals surface area contributed by atoms with Crippen molar-refractivity contribution in [3.63, 3.8) is 0 Å². The fourth-order valence-corrected chi connectivity index (χ4v) is 1.91. The molecule has 0 spiro atoms. The Bertz CT molecular complexity index is 629. The lowest BCUT2D eigenvalue weighted by molar-refractivity contribution is 1.06. The highest BCUT2D eigenvalue weighted by Crippen LogP contribution is 2.25. The van der Waals surface area contributed by atoms with Crippen molar-refractivity contribution in [2.75, 3.05) is 11.9 Å². The van der Waals surface area contributed by atoms with Gasteiger partial charge < -0.3 is 10.7 Å². The molecule has 1 aromatic carbocycles. The second-order valence-corrected chi connectivity index (χ2v) is 4.57. The minimum Gasteiger partial charge on any atom is -0.381 e. The van der Waals surface area contributed by atoms with E-state index >= 15 is 0 Å². The maximum absolute atomic E-state index is 7.91. The van der Waals surface area contributed by atoms with Crippen LogP contribution in [0, 0.1) is 12.3 Å². The highest BCUT2D eigenvalue weighted by atomic mass is 14.9. The van der Waals surface area contributed by atoms with E-state index in [-0.39, 0.29) is 0 Å². The number of nitrogens with zero attached hydrogens (tertiary/aromatic N) is 2. The van der Waals surface area contributed by atoms with E-state index in [2.05, 4.69) is 21.9 Å². The zero-order chi connectivity index (χ0) is 14.5. The third kappa shape index (κ3) is 3.09. The van der Waals surface area contributed by atoms with Crippen LogP contribution in [0.2, 0.25) is 0 Å². The molecule has 1 aromatic heterocycles. The van der Waals surface area contributed by atoms with Crippen molar-refractivity contribution < 1.29 is 0 Å². The summed E-state index contributed by atoms with van der Waals surface area (Å²) in [6.07, 6.45) is 5.40. The standard InChI is InChI=1S/C16H18N4/c1-4-7-18-16-6-5-13(8-15(16)11(2)17)14-9-19-12(3)20-10-14/h4-6,8-10,17-18H,1,7H2,2-3H3. The van der Waals surface area contributed by atoms with Gasteiger partial charge in [-0.15, -0.1) is 6.58 Å². The smallest absolute Gasteiger partial charge is 0.125 e. The molecule has 2 N–H and O–H groups in total. The summed E-state index contributed by atoms with van der Waals surface area (Å²) in [5, 5.41) is 11.1. The summed E-state index contributed by atoms with van der Waals surface area (Å²) in [6, 6.07) is 5.97. The monoisotopic (exact) mass is 266 g/mol. The van der Waals surface area contributed by atoms with E-state index in [0.29, 0.717) is 12.3 Å². The van der Waals surface area contributed by atoms with Gasteiger partial charge in [0.15, 0.2) is 0 Å². The molecule has 0 saturated heterocycles. The molecule has 0 unspecified atom stereocenters. The highest BCUT2D eigenvalue weighted by Gasteiger charge is 2.07. The largest absolute Gasteiger partial charge is 0.381 e. The Morgan fingerprint density at radius 3 is 2.60 bits per heavy atom. The third-order valence-corrected chi connectivity index (χ3v) is 2.97. The number of rotatable bonds is 5. The third-order valence-electron chi connectivity index (χ3n) is 2.97. The van der Waals surface area contributed by atoms with E-state index in [1.54, 1.807) is 25.4 Å². The first-order valence-electron chi connectivity index (χ1n) is 6.45. The van der Waals surface area contributed by atoms with Gasteiger partial charge in [-0.05, 0) is 31.5 Å². The Hall–Kier alpha value is -2.49. The van der Waals surface area contributed by atoms with Crippen molar-refractivity contribution in [2.45, 2.75) is 13.8 Å². The highest BCUT2D eigenvalue weighted by molar-refractivity contribution is 6.02. The van der Waals surface area contributed by atoms with E-state index in [1.807, 2.05) is 25.1 Å². The Kier molecular flexibility index (Phi) is 4.25. The zero-order valence-corrected chi connectivity index (χ0v) is 11.8. The fourth-order valence-electron chi connectivity index (χ4n) is 1.91. The molecule has 4 nitrogen and oxygen atoms in total. The molecule has 0 fully saturated rings. The molecule has 0 bridgehead atoms. The first-order valence-corrected chi connectivity index (χ1v) is 6.45. The van der Waals surface area contributed by atoms with Crippen molar-refractivity contribution in [2.24, 2.45) is 0 Å². The Labute approximate surface area is 119 Å². The summed E-state index contributed by atoms with van der Waals surface area (Å²) in [5.41, 5.74) is 4.30. The molecular formula is C16H18N4. The van der Waals surface area contributed by atoms with Crippen LogP contribution in [-0.4, -0.2) is 22.2 Å². The lowest BCUT2D eigenvalue weighted by atomic mass is 10.0. The number of hydrogen-bond donors (Lipinski definition) is 2. The van der Waals surface area contributed by atoms with Gasteiger partial charge in [0.2, 0.25) is 0 Å². The Morgan fingerprint density at radius 2 is 2.00 bits per heavy atom. The number of anilines is 1. The van der Waals surface area contributed by atoms with Crippen LogP contribution < -0.4 is 5.32 Å². The molecule has 102 valence electrons. The second-order valence-electron chi connectivity index (χ2n) is 4.57. The maximum Gasteiger partial charge on any atom is 0.125 e. The Morgan fingerprint density at radius 1 is 1.30 bits per heavy atom. The minimum atomic E-state index is 0.520. The van der Waals surface area contributed by atoms with Crippen LogP contribution in [0.4, 0.5) is 5.69 Å². The van der Waals surface area contributed by atoms with E-state index in [1.165, 1.54) is 0 Å². The molecule has 1 heterocycles. The van der Waals surface area contributed by atoms with Crippen molar-refractivity contribution >= 4 is 11.4 Å². The summed E-state index contributed by atoms with van der Waals surface area (Å²) in [4.78, 5) is 8.42. The van der Waals surface area contributed by atoms with Crippen LogP contribution in [-0.2, 0) is 0 Å². The van der Waals surface area contributed by atoms with Crippen molar-refractivity contribution in [1.29, 1.82) is 5.41 Å². The van der Waals surface area contributed by atoms with Crippen LogP contribution >= 0.6 is 0 Å². The van der Waals surface area contributed by atoms with Gasteiger partial charge in [0.25, 0.3) is 0 Å².